The minimum atomic E-state index is -0.507. The van der Waals surface area contributed by atoms with Crippen molar-refractivity contribution in [3.8, 4) is 11.5 Å². The van der Waals surface area contributed by atoms with Gasteiger partial charge in [0, 0.05) is 107 Å². The zero-order chi connectivity index (χ0) is 10.2. The van der Waals surface area contributed by atoms with E-state index in [2.05, 4.69) is 0 Å². The van der Waals surface area contributed by atoms with Gasteiger partial charge in [0.15, 0.2) is 0 Å². The molecular formula is C10H12Ac2O4. The third-order valence-corrected chi connectivity index (χ3v) is 2.34. The van der Waals surface area contributed by atoms with Gasteiger partial charge >= 0.3 is 0 Å². The maximum absolute atomic E-state index is 9.60. The number of hydrogen-bond acceptors (Lipinski definition) is 4. The van der Waals surface area contributed by atoms with Crippen LogP contribution in [0.15, 0.2) is 18.2 Å². The van der Waals surface area contributed by atoms with Crippen LogP contribution < -0.4 is 0 Å². The Hall–Kier alpha value is 1.62. The summed E-state index contributed by atoms with van der Waals surface area (Å²) in [6, 6.07) is 4.47. The predicted molar refractivity (Wildman–Crippen MR) is 49.3 cm³/mol. The van der Waals surface area contributed by atoms with Gasteiger partial charge in [-0.2, -0.15) is 0 Å². The normalized spacial score (nSPS) is 21.8. The van der Waals surface area contributed by atoms with Crippen molar-refractivity contribution in [3.63, 3.8) is 0 Å². The van der Waals surface area contributed by atoms with Crippen LogP contribution in [0, 0.1) is 88.1 Å². The van der Waals surface area contributed by atoms with E-state index in [1.54, 1.807) is 13.2 Å². The minimum absolute atomic E-state index is 0. The molecule has 2 radical (unpaired) electrons. The van der Waals surface area contributed by atoms with Crippen LogP contribution >= 0.6 is 0 Å². The maximum atomic E-state index is 9.60. The molecule has 0 saturated carbocycles. The predicted octanol–water partition coefficient (Wildman–Crippen LogP) is 0.970. The van der Waals surface area contributed by atoms with Gasteiger partial charge in [0.25, 0.3) is 0 Å². The summed E-state index contributed by atoms with van der Waals surface area (Å²) in [6.45, 7) is 0.949. The average Bonchev–Trinajstić information content (AvgIpc) is 2.86. The molecule has 0 spiro atoms. The van der Waals surface area contributed by atoms with Gasteiger partial charge in [-0.3, -0.25) is 0 Å². The second kappa shape index (κ2) is 7.27. The van der Waals surface area contributed by atoms with Crippen LogP contribution in [0.25, 0.3) is 0 Å². The fourth-order valence-electron chi connectivity index (χ4n) is 1.54. The number of hydrogen-bond donors (Lipinski definition) is 2. The zero-order valence-electron chi connectivity index (χ0n) is 9.01. The summed E-state index contributed by atoms with van der Waals surface area (Å²) in [5, 5.41) is 18.7. The molecule has 1 heterocycles. The Kier molecular flexibility index (Phi) is 8.01. The first-order valence-corrected chi connectivity index (χ1v) is 4.33. The first kappa shape index (κ1) is 17.6. The largest absolute Gasteiger partial charge is 0.508 e. The summed E-state index contributed by atoms with van der Waals surface area (Å²) in [6.07, 6.45) is 0. The Labute approximate surface area is 166 Å². The Bertz CT molecular complexity index is 353. The van der Waals surface area contributed by atoms with E-state index in [4.69, 9.17) is 14.6 Å². The van der Waals surface area contributed by atoms with Gasteiger partial charge in [-0.15, -0.1) is 0 Å². The number of benzene rings is 1. The molecule has 16 heavy (non-hydrogen) atoms. The number of phenols is 2. The van der Waals surface area contributed by atoms with Crippen LogP contribution in [-0.4, -0.2) is 30.5 Å². The number of rotatable bonds is 3. The fourth-order valence-corrected chi connectivity index (χ4v) is 1.54. The quantitative estimate of drug-likeness (QED) is 0.480. The zero-order valence-corrected chi connectivity index (χ0v) is 18.5. The van der Waals surface area contributed by atoms with Crippen molar-refractivity contribution in [2.75, 3.05) is 20.3 Å². The van der Waals surface area contributed by atoms with Crippen LogP contribution in [-0.2, 0) is 15.1 Å². The Balaban J connectivity index is 0.00000112. The molecule has 0 aliphatic carbocycles. The molecule has 82 valence electrons. The molecule has 0 aromatic heterocycles. The number of aromatic hydroxyl groups is 2. The van der Waals surface area contributed by atoms with Crippen molar-refractivity contribution in [2.45, 2.75) is 5.60 Å². The molecule has 4 nitrogen and oxygen atoms in total. The van der Waals surface area contributed by atoms with Gasteiger partial charge in [0.05, 0.1) is 13.2 Å². The number of methoxy groups -OCH3 is 1. The van der Waals surface area contributed by atoms with E-state index in [1.165, 1.54) is 12.1 Å². The molecule has 1 unspecified atom stereocenters. The Morgan fingerprint density at radius 2 is 2.00 bits per heavy atom. The van der Waals surface area contributed by atoms with Gasteiger partial charge in [-0.25, -0.2) is 0 Å². The second-order valence-corrected chi connectivity index (χ2v) is 3.42. The van der Waals surface area contributed by atoms with Gasteiger partial charge in [0.2, 0.25) is 0 Å². The molecule has 1 aliphatic heterocycles. The van der Waals surface area contributed by atoms with E-state index in [0.717, 1.165) is 0 Å². The minimum Gasteiger partial charge on any atom is -0.508 e. The molecule has 0 bridgehead atoms. The standard InChI is InChI=1S/C10H12O4.2Ac/c1-13-5-10(6-14-10)8-3-2-7(11)4-9(8)12;;/h2-4,11-12H,5-6H2,1H3;;. The molecule has 1 aliphatic rings. The summed E-state index contributed by atoms with van der Waals surface area (Å²) >= 11 is 0. The van der Waals surface area contributed by atoms with Crippen molar-refractivity contribution < 1.29 is 108 Å². The van der Waals surface area contributed by atoms with Crippen LogP contribution in [0.1, 0.15) is 5.56 Å². The van der Waals surface area contributed by atoms with Gasteiger partial charge < -0.3 is 19.7 Å². The molecule has 2 N–H and O–H groups in total. The Morgan fingerprint density at radius 3 is 2.44 bits per heavy atom. The first-order valence-electron chi connectivity index (χ1n) is 4.33. The molecule has 6 heteroatoms. The van der Waals surface area contributed by atoms with E-state index in [9.17, 15) is 5.11 Å². The van der Waals surface area contributed by atoms with Crippen molar-refractivity contribution >= 4 is 0 Å². The average molecular weight is 650 g/mol. The third-order valence-electron chi connectivity index (χ3n) is 2.34. The van der Waals surface area contributed by atoms with Gasteiger partial charge in [-0.05, 0) is 12.1 Å². The van der Waals surface area contributed by atoms with Crippen molar-refractivity contribution in [1.29, 1.82) is 0 Å². The van der Waals surface area contributed by atoms with Crippen molar-refractivity contribution in [2.24, 2.45) is 0 Å². The number of phenolic OH excluding ortho intramolecular Hbond substituents is 2. The molecular weight excluding hydrogens is 638 g/mol. The topological polar surface area (TPSA) is 62.2 Å². The van der Waals surface area contributed by atoms with Crippen LogP contribution in [0.5, 0.6) is 11.5 Å². The monoisotopic (exact) mass is 650 g/mol. The molecule has 1 fully saturated rings. The summed E-state index contributed by atoms with van der Waals surface area (Å²) in [4.78, 5) is 0. The molecule has 1 aromatic carbocycles. The molecule has 1 saturated heterocycles. The van der Waals surface area contributed by atoms with Crippen molar-refractivity contribution in [1.82, 2.24) is 0 Å². The van der Waals surface area contributed by atoms with Gasteiger partial charge in [-0.1, -0.05) is 0 Å². The number of ether oxygens (including phenoxy) is 2. The Morgan fingerprint density at radius 1 is 1.38 bits per heavy atom. The van der Waals surface area contributed by atoms with E-state index >= 15 is 0 Å². The molecule has 0 amide bonds. The van der Waals surface area contributed by atoms with Crippen LogP contribution in [0.2, 0.25) is 0 Å². The molecule has 1 aromatic rings. The third kappa shape index (κ3) is 3.81. The maximum Gasteiger partial charge on any atom is 0.143 e. The van der Waals surface area contributed by atoms with Gasteiger partial charge in [0.1, 0.15) is 17.1 Å². The van der Waals surface area contributed by atoms with Crippen LogP contribution in [0.3, 0.4) is 0 Å². The van der Waals surface area contributed by atoms with E-state index in [1.807, 2.05) is 0 Å². The van der Waals surface area contributed by atoms with E-state index in [0.29, 0.717) is 18.8 Å². The smallest absolute Gasteiger partial charge is 0.143 e. The molecule has 1 atom stereocenters. The first-order chi connectivity index (χ1) is 6.68. The summed E-state index contributed by atoms with van der Waals surface area (Å²) in [5.74, 6) is 0.0824. The second-order valence-electron chi connectivity index (χ2n) is 3.42. The summed E-state index contributed by atoms with van der Waals surface area (Å²) < 4.78 is 10.3. The molecule has 2 rings (SSSR count). The summed E-state index contributed by atoms with van der Waals surface area (Å²) in [5.41, 5.74) is 0.157. The number of epoxide rings is 1. The van der Waals surface area contributed by atoms with Crippen molar-refractivity contribution in [3.05, 3.63) is 23.8 Å². The van der Waals surface area contributed by atoms with Crippen LogP contribution in [0.4, 0.5) is 0 Å². The summed E-state index contributed by atoms with van der Waals surface area (Å²) in [7, 11) is 1.58. The SMILES string of the molecule is COCC1(c2ccc(O)cc2O)CO1.[Ac].[Ac]. The van der Waals surface area contributed by atoms with E-state index in [-0.39, 0.29) is 99.6 Å². The van der Waals surface area contributed by atoms with E-state index < -0.39 is 5.60 Å². The fraction of sp³-hybridized carbons (Fsp3) is 0.400.